The Kier molecular flexibility index (Phi) is 5.55. The summed E-state index contributed by atoms with van der Waals surface area (Å²) in [7, 11) is 1.44. The maximum Gasteiger partial charge on any atom is 0.336 e. The van der Waals surface area contributed by atoms with E-state index >= 15 is 0 Å². The fourth-order valence-electron chi connectivity index (χ4n) is 1.89. The van der Waals surface area contributed by atoms with Crippen LogP contribution in [0.4, 0.5) is 0 Å². The van der Waals surface area contributed by atoms with Gasteiger partial charge in [0.05, 0.1) is 7.11 Å². The maximum absolute atomic E-state index is 11.9. The summed E-state index contributed by atoms with van der Waals surface area (Å²) < 4.78 is 10.4. The van der Waals surface area contributed by atoms with Crippen molar-refractivity contribution in [3.8, 4) is 11.5 Å². The van der Waals surface area contributed by atoms with Gasteiger partial charge in [-0.05, 0) is 48.9 Å². The summed E-state index contributed by atoms with van der Waals surface area (Å²) in [5, 5.41) is 0.585. The van der Waals surface area contributed by atoms with Crippen LogP contribution in [-0.4, -0.2) is 18.9 Å². The molecule has 0 aliphatic carbocycles. The second-order valence-electron chi connectivity index (χ2n) is 4.73. The number of ether oxygens (including phenoxy) is 2. The predicted molar refractivity (Wildman–Crippen MR) is 89.1 cm³/mol. The van der Waals surface area contributed by atoms with Gasteiger partial charge in [0.2, 0.25) is 0 Å². The molecule has 0 bridgehead atoms. The van der Waals surface area contributed by atoms with Gasteiger partial charge in [-0.1, -0.05) is 23.7 Å². The van der Waals surface area contributed by atoms with Crippen LogP contribution < -0.4 is 9.47 Å². The Bertz CT molecular complexity index is 765. The van der Waals surface area contributed by atoms with Gasteiger partial charge in [-0.25, -0.2) is 4.79 Å². The van der Waals surface area contributed by atoms with E-state index in [9.17, 15) is 9.59 Å². The molecule has 2 aromatic carbocycles. The topological polar surface area (TPSA) is 52.6 Å². The molecule has 0 saturated heterocycles. The van der Waals surface area contributed by atoms with E-state index in [1.807, 2.05) is 6.07 Å². The van der Waals surface area contributed by atoms with Gasteiger partial charge in [0.25, 0.3) is 0 Å². The quantitative estimate of drug-likeness (QED) is 0.357. The average molecular weight is 331 g/mol. The molecule has 2 rings (SSSR count). The van der Waals surface area contributed by atoms with Gasteiger partial charge in [-0.3, -0.25) is 4.79 Å². The van der Waals surface area contributed by atoms with E-state index in [0.717, 1.165) is 5.56 Å². The second kappa shape index (κ2) is 7.61. The van der Waals surface area contributed by atoms with E-state index in [-0.39, 0.29) is 11.5 Å². The SMILES string of the molecule is COc1cc(C(C)=O)ccc1OC(=O)/C=C/c1cccc(Cl)c1. The minimum atomic E-state index is -0.557. The van der Waals surface area contributed by atoms with E-state index in [1.54, 1.807) is 30.3 Å². The summed E-state index contributed by atoms with van der Waals surface area (Å²) in [4.78, 5) is 23.2. The van der Waals surface area contributed by atoms with Crippen molar-refractivity contribution in [2.45, 2.75) is 6.92 Å². The number of esters is 1. The van der Waals surface area contributed by atoms with E-state index < -0.39 is 5.97 Å². The molecule has 0 aromatic heterocycles. The zero-order chi connectivity index (χ0) is 16.8. The lowest BCUT2D eigenvalue weighted by atomic mass is 10.1. The van der Waals surface area contributed by atoms with E-state index in [0.29, 0.717) is 16.3 Å². The summed E-state index contributed by atoms with van der Waals surface area (Å²) in [5.41, 5.74) is 1.27. The molecule has 0 heterocycles. The van der Waals surface area contributed by atoms with Crippen molar-refractivity contribution in [3.05, 3.63) is 64.7 Å². The monoisotopic (exact) mass is 330 g/mol. The summed E-state index contributed by atoms with van der Waals surface area (Å²) in [6, 6.07) is 11.7. The standard InChI is InChI=1S/C18H15ClO4/c1-12(20)14-7-8-16(17(11-14)22-2)23-18(21)9-6-13-4-3-5-15(19)10-13/h3-11H,1-2H3/b9-6+. The van der Waals surface area contributed by atoms with Crippen molar-refractivity contribution in [1.29, 1.82) is 0 Å². The van der Waals surface area contributed by atoms with Crippen molar-refractivity contribution in [1.82, 2.24) is 0 Å². The van der Waals surface area contributed by atoms with Crippen LogP contribution in [0, 0.1) is 0 Å². The molecule has 0 unspecified atom stereocenters. The molecular formula is C18H15ClO4. The molecule has 0 fully saturated rings. The van der Waals surface area contributed by atoms with Gasteiger partial charge in [0, 0.05) is 16.7 Å². The Balaban J connectivity index is 2.12. The van der Waals surface area contributed by atoms with Gasteiger partial charge in [-0.2, -0.15) is 0 Å². The molecule has 2 aromatic rings. The Hall–Kier alpha value is -2.59. The molecule has 0 aliphatic heterocycles. The molecule has 5 heteroatoms. The highest BCUT2D eigenvalue weighted by atomic mass is 35.5. The predicted octanol–water partition coefficient (Wildman–Crippen LogP) is 4.17. The zero-order valence-electron chi connectivity index (χ0n) is 12.7. The molecule has 0 N–H and O–H groups in total. The van der Waals surface area contributed by atoms with Gasteiger partial charge in [0.15, 0.2) is 17.3 Å². The minimum absolute atomic E-state index is 0.0953. The molecule has 4 nitrogen and oxygen atoms in total. The lowest BCUT2D eigenvalue weighted by Gasteiger charge is -2.08. The number of carbonyl (C=O) groups excluding carboxylic acids is 2. The number of hydrogen-bond donors (Lipinski definition) is 0. The number of ketones is 1. The van der Waals surface area contributed by atoms with Crippen LogP contribution in [0.5, 0.6) is 11.5 Å². The fourth-order valence-corrected chi connectivity index (χ4v) is 2.09. The Morgan fingerprint density at radius 1 is 1.09 bits per heavy atom. The largest absolute Gasteiger partial charge is 0.493 e. The van der Waals surface area contributed by atoms with Gasteiger partial charge in [0.1, 0.15) is 0 Å². The highest BCUT2D eigenvalue weighted by molar-refractivity contribution is 6.30. The van der Waals surface area contributed by atoms with E-state index in [4.69, 9.17) is 21.1 Å². The number of methoxy groups -OCH3 is 1. The molecule has 0 saturated carbocycles. The third kappa shape index (κ3) is 4.69. The molecule has 0 radical (unpaired) electrons. The number of carbonyl (C=O) groups is 2. The molecule has 0 aliphatic rings. The highest BCUT2D eigenvalue weighted by Gasteiger charge is 2.10. The van der Waals surface area contributed by atoms with Crippen LogP contribution in [0.15, 0.2) is 48.5 Å². The summed E-state index contributed by atoms with van der Waals surface area (Å²) in [5.74, 6) is -0.0821. The van der Waals surface area contributed by atoms with Crippen LogP contribution in [0.25, 0.3) is 6.08 Å². The fraction of sp³-hybridized carbons (Fsp3) is 0.111. The van der Waals surface area contributed by atoms with Crippen molar-refractivity contribution in [3.63, 3.8) is 0 Å². The molecule has 0 atom stereocenters. The highest BCUT2D eigenvalue weighted by Crippen LogP contribution is 2.28. The average Bonchev–Trinajstić information content (AvgIpc) is 2.53. The van der Waals surface area contributed by atoms with Crippen LogP contribution in [0.3, 0.4) is 0 Å². The third-order valence-corrected chi connectivity index (χ3v) is 3.28. The first kappa shape index (κ1) is 16.8. The normalized spacial score (nSPS) is 10.6. The number of rotatable bonds is 5. The summed E-state index contributed by atoms with van der Waals surface area (Å²) in [6.07, 6.45) is 2.90. The van der Waals surface area contributed by atoms with Gasteiger partial charge < -0.3 is 9.47 Å². The third-order valence-electron chi connectivity index (χ3n) is 3.04. The van der Waals surface area contributed by atoms with Crippen molar-refractivity contribution in [2.24, 2.45) is 0 Å². The Labute approximate surface area is 139 Å². The first-order valence-electron chi connectivity index (χ1n) is 6.84. The molecule has 118 valence electrons. The van der Waals surface area contributed by atoms with Crippen LogP contribution in [-0.2, 0) is 4.79 Å². The van der Waals surface area contributed by atoms with Crippen molar-refractivity contribution < 1.29 is 19.1 Å². The Morgan fingerprint density at radius 3 is 2.52 bits per heavy atom. The number of hydrogen-bond acceptors (Lipinski definition) is 4. The Morgan fingerprint density at radius 2 is 1.87 bits per heavy atom. The summed E-state index contributed by atoms with van der Waals surface area (Å²) in [6.45, 7) is 1.45. The van der Waals surface area contributed by atoms with Gasteiger partial charge >= 0.3 is 5.97 Å². The molecular weight excluding hydrogens is 316 g/mol. The number of halogens is 1. The second-order valence-corrected chi connectivity index (χ2v) is 5.17. The smallest absolute Gasteiger partial charge is 0.336 e. The zero-order valence-corrected chi connectivity index (χ0v) is 13.5. The van der Waals surface area contributed by atoms with E-state index in [1.165, 1.54) is 32.2 Å². The van der Waals surface area contributed by atoms with Crippen LogP contribution in [0.1, 0.15) is 22.8 Å². The van der Waals surface area contributed by atoms with Crippen molar-refractivity contribution in [2.75, 3.05) is 7.11 Å². The lowest BCUT2D eigenvalue weighted by molar-refractivity contribution is -0.129. The van der Waals surface area contributed by atoms with Crippen molar-refractivity contribution >= 4 is 29.4 Å². The maximum atomic E-state index is 11.9. The van der Waals surface area contributed by atoms with Crippen LogP contribution >= 0.6 is 11.6 Å². The van der Waals surface area contributed by atoms with Gasteiger partial charge in [-0.15, -0.1) is 0 Å². The molecule has 0 amide bonds. The van der Waals surface area contributed by atoms with E-state index in [2.05, 4.69) is 0 Å². The molecule has 0 spiro atoms. The first-order chi connectivity index (χ1) is 11.0. The first-order valence-corrected chi connectivity index (χ1v) is 7.22. The number of benzene rings is 2. The summed E-state index contributed by atoms with van der Waals surface area (Å²) >= 11 is 5.88. The lowest BCUT2D eigenvalue weighted by Crippen LogP contribution is -2.05. The number of Topliss-reactive ketones (excluding diaryl/α,β-unsaturated/α-hetero) is 1. The van der Waals surface area contributed by atoms with Crippen LogP contribution in [0.2, 0.25) is 5.02 Å². The minimum Gasteiger partial charge on any atom is -0.493 e. The molecule has 23 heavy (non-hydrogen) atoms.